The van der Waals surface area contributed by atoms with Gasteiger partial charge in [-0.25, -0.2) is 0 Å². The molecule has 0 heterocycles. The number of ether oxygens (including phenoxy) is 3. The van der Waals surface area contributed by atoms with Crippen LogP contribution >= 0.6 is 0 Å². The third kappa shape index (κ3) is 20.0. The molecule has 0 rings (SSSR count). The van der Waals surface area contributed by atoms with Crippen LogP contribution in [0.4, 0.5) is 0 Å². The molecule has 0 amide bonds. The van der Waals surface area contributed by atoms with Crippen molar-refractivity contribution >= 4 is 11.9 Å². The Labute approximate surface area is 179 Å². The molecule has 0 aromatic carbocycles. The first-order chi connectivity index (χ1) is 14.0. The molecule has 5 heteroatoms. The Morgan fingerprint density at radius 1 is 0.621 bits per heavy atom. The highest BCUT2D eigenvalue weighted by molar-refractivity contribution is 5.69. The molecule has 0 aliphatic heterocycles. The molecule has 0 aromatic rings. The van der Waals surface area contributed by atoms with Gasteiger partial charge in [-0.2, -0.15) is 0 Å². The lowest BCUT2D eigenvalue weighted by atomic mass is 10.1. The standard InChI is InChI=1S/C24H46O5/c1-5-7-9-11-13-15-17-23(25)28-19-21(3)27-20-22(4)29-24(26)18-16-14-12-10-8-6-2/h21-22H,5-20H2,1-4H3. The van der Waals surface area contributed by atoms with Gasteiger partial charge in [-0.15, -0.1) is 0 Å². The molecule has 2 unspecified atom stereocenters. The van der Waals surface area contributed by atoms with E-state index in [1.54, 1.807) is 0 Å². The van der Waals surface area contributed by atoms with Crippen molar-refractivity contribution in [1.82, 2.24) is 0 Å². The maximum atomic E-state index is 11.8. The summed E-state index contributed by atoms with van der Waals surface area (Å²) in [6, 6.07) is 0. The molecule has 29 heavy (non-hydrogen) atoms. The fourth-order valence-electron chi connectivity index (χ4n) is 3.05. The topological polar surface area (TPSA) is 61.8 Å². The summed E-state index contributed by atoms with van der Waals surface area (Å²) in [5, 5.41) is 0. The van der Waals surface area contributed by atoms with Crippen LogP contribution in [-0.2, 0) is 23.8 Å². The molecule has 0 aromatic heterocycles. The summed E-state index contributed by atoms with van der Waals surface area (Å²) in [7, 11) is 0. The molecule has 0 bridgehead atoms. The summed E-state index contributed by atoms with van der Waals surface area (Å²) in [6.07, 6.45) is 14.3. The van der Waals surface area contributed by atoms with Crippen LogP contribution < -0.4 is 0 Å². The van der Waals surface area contributed by atoms with E-state index in [9.17, 15) is 9.59 Å². The summed E-state index contributed by atoms with van der Waals surface area (Å²) in [6.45, 7) is 8.65. The second-order valence-electron chi connectivity index (χ2n) is 8.16. The molecular weight excluding hydrogens is 368 g/mol. The van der Waals surface area contributed by atoms with E-state index in [0.717, 1.165) is 25.7 Å². The van der Waals surface area contributed by atoms with E-state index >= 15 is 0 Å². The van der Waals surface area contributed by atoms with E-state index in [1.165, 1.54) is 51.4 Å². The summed E-state index contributed by atoms with van der Waals surface area (Å²) >= 11 is 0. The van der Waals surface area contributed by atoms with Crippen molar-refractivity contribution in [2.45, 2.75) is 130 Å². The Hall–Kier alpha value is -1.10. The zero-order valence-electron chi connectivity index (χ0n) is 19.5. The van der Waals surface area contributed by atoms with E-state index in [4.69, 9.17) is 14.2 Å². The van der Waals surface area contributed by atoms with E-state index < -0.39 is 0 Å². The van der Waals surface area contributed by atoms with Crippen molar-refractivity contribution in [2.75, 3.05) is 13.2 Å². The van der Waals surface area contributed by atoms with Crippen molar-refractivity contribution in [2.24, 2.45) is 0 Å². The maximum absolute atomic E-state index is 11.8. The average Bonchev–Trinajstić information content (AvgIpc) is 2.70. The van der Waals surface area contributed by atoms with Gasteiger partial charge in [-0.1, -0.05) is 78.1 Å². The van der Waals surface area contributed by atoms with Crippen molar-refractivity contribution in [1.29, 1.82) is 0 Å². The predicted molar refractivity (Wildman–Crippen MR) is 118 cm³/mol. The van der Waals surface area contributed by atoms with Crippen LogP contribution in [0.1, 0.15) is 118 Å². The molecule has 0 aliphatic rings. The Bertz CT molecular complexity index is 397. The largest absolute Gasteiger partial charge is 0.463 e. The predicted octanol–water partition coefficient (Wildman–Crippen LogP) is 6.37. The summed E-state index contributed by atoms with van der Waals surface area (Å²) in [4.78, 5) is 23.6. The smallest absolute Gasteiger partial charge is 0.306 e. The SMILES string of the molecule is CCCCCCCCC(=O)OCC(C)OCC(C)OC(=O)CCCCCCCC. The molecule has 2 atom stereocenters. The lowest BCUT2D eigenvalue weighted by Gasteiger charge is -2.18. The van der Waals surface area contributed by atoms with E-state index in [0.29, 0.717) is 19.4 Å². The van der Waals surface area contributed by atoms with Gasteiger partial charge in [0.25, 0.3) is 0 Å². The van der Waals surface area contributed by atoms with Gasteiger partial charge in [-0.05, 0) is 26.7 Å². The van der Waals surface area contributed by atoms with Crippen molar-refractivity contribution in [3.63, 3.8) is 0 Å². The van der Waals surface area contributed by atoms with Crippen LogP contribution in [0.3, 0.4) is 0 Å². The lowest BCUT2D eigenvalue weighted by molar-refractivity contribution is -0.154. The van der Waals surface area contributed by atoms with Gasteiger partial charge in [0.15, 0.2) is 0 Å². The molecule has 0 radical (unpaired) electrons. The number of unbranched alkanes of at least 4 members (excludes halogenated alkanes) is 10. The third-order valence-electron chi connectivity index (χ3n) is 4.90. The molecule has 0 N–H and O–H groups in total. The highest BCUT2D eigenvalue weighted by Gasteiger charge is 2.13. The third-order valence-corrected chi connectivity index (χ3v) is 4.90. The number of carbonyl (C=O) groups excluding carboxylic acids is 2. The zero-order valence-corrected chi connectivity index (χ0v) is 19.5. The molecule has 0 spiro atoms. The molecule has 0 aliphatic carbocycles. The van der Waals surface area contributed by atoms with Gasteiger partial charge >= 0.3 is 11.9 Å². The van der Waals surface area contributed by atoms with Crippen LogP contribution in [0.2, 0.25) is 0 Å². The van der Waals surface area contributed by atoms with Crippen molar-refractivity contribution in [3.8, 4) is 0 Å². The Kier molecular flexibility index (Phi) is 19.4. The van der Waals surface area contributed by atoms with Crippen LogP contribution in [-0.4, -0.2) is 37.4 Å². The number of esters is 2. The first kappa shape index (κ1) is 27.9. The Morgan fingerprint density at radius 3 is 1.66 bits per heavy atom. The van der Waals surface area contributed by atoms with Crippen molar-refractivity contribution < 1.29 is 23.8 Å². The number of hydrogen-bond donors (Lipinski definition) is 0. The first-order valence-corrected chi connectivity index (χ1v) is 12.0. The second-order valence-corrected chi connectivity index (χ2v) is 8.16. The molecule has 0 saturated heterocycles. The summed E-state index contributed by atoms with van der Waals surface area (Å²) in [5.74, 6) is -0.316. The highest BCUT2D eigenvalue weighted by Crippen LogP contribution is 2.09. The lowest BCUT2D eigenvalue weighted by Crippen LogP contribution is -2.26. The quantitative estimate of drug-likeness (QED) is 0.171. The Morgan fingerprint density at radius 2 is 1.10 bits per heavy atom. The maximum Gasteiger partial charge on any atom is 0.306 e. The van der Waals surface area contributed by atoms with Crippen LogP contribution in [0.25, 0.3) is 0 Å². The minimum absolute atomic E-state index is 0.158. The monoisotopic (exact) mass is 414 g/mol. The normalized spacial score (nSPS) is 13.1. The fraction of sp³-hybridized carbons (Fsp3) is 0.917. The number of hydrogen-bond acceptors (Lipinski definition) is 5. The van der Waals surface area contributed by atoms with Gasteiger partial charge in [0.2, 0.25) is 0 Å². The summed E-state index contributed by atoms with van der Waals surface area (Å²) in [5.41, 5.74) is 0. The molecule has 5 nitrogen and oxygen atoms in total. The number of carbonyl (C=O) groups is 2. The van der Waals surface area contributed by atoms with E-state index in [1.807, 2.05) is 13.8 Å². The minimum atomic E-state index is -0.288. The van der Waals surface area contributed by atoms with Gasteiger partial charge < -0.3 is 14.2 Å². The first-order valence-electron chi connectivity index (χ1n) is 12.0. The van der Waals surface area contributed by atoms with Gasteiger partial charge in [-0.3, -0.25) is 9.59 Å². The van der Waals surface area contributed by atoms with E-state index in [-0.39, 0.29) is 30.8 Å². The number of rotatable bonds is 20. The average molecular weight is 415 g/mol. The molecule has 0 fully saturated rings. The van der Waals surface area contributed by atoms with Gasteiger partial charge in [0.1, 0.15) is 12.7 Å². The van der Waals surface area contributed by atoms with Crippen LogP contribution in [0, 0.1) is 0 Å². The molecule has 0 saturated carbocycles. The summed E-state index contributed by atoms with van der Waals surface area (Å²) < 4.78 is 16.3. The molecule has 172 valence electrons. The zero-order chi connectivity index (χ0) is 21.7. The van der Waals surface area contributed by atoms with Crippen molar-refractivity contribution in [3.05, 3.63) is 0 Å². The van der Waals surface area contributed by atoms with E-state index in [2.05, 4.69) is 13.8 Å². The Balaban J connectivity index is 3.63. The molecular formula is C24H46O5. The minimum Gasteiger partial charge on any atom is -0.463 e. The van der Waals surface area contributed by atoms with Crippen LogP contribution in [0.15, 0.2) is 0 Å². The van der Waals surface area contributed by atoms with Gasteiger partial charge in [0.05, 0.1) is 12.7 Å². The fourth-order valence-corrected chi connectivity index (χ4v) is 3.05. The highest BCUT2D eigenvalue weighted by atomic mass is 16.6. The van der Waals surface area contributed by atoms with Gasteiger partial charge in [0, 0.05) is 12.8 Å². The van der Waals surface area contributed by atoms with Crippen LogP contribution in [0.5, 0.6) is 0 Å². The second kappa shape index (κ2) is 20.2.